The lowest BCUT2D eigenvalue weighted by Gasteiger charge is -2.14. The molecule has 0 aliphatic rings. The van der Waals surface area contributed by atoms with Crippen LogP contribution in [0.15, 0.2) is 59.1 Å². The van der Waals surface area contributed by atoms with Gasteiger partial charge in [0.1, 0.15) is 0 Å². The van der Waals surface area contributed by atoms with Crippen LogP contribution >= 0.6 is 28.1 Å². The van der Waals surface area contributed by atoms with Crippen LogP contribution in [0.4, 0.5) is 5.69 Å². The topological polar surface area (TPSA) is 33.3 Å². The van der Waals surface area contributed by atoms with E-state index in [0.717, 1.165) is 23.1 Å². The van der Waals surface area contributed by atoms with Crippen molar-refractivity contribution in [2.24, 2.45) is 0 Å². The second kappa shape index (κ2) is 9.65. The Labute approximate surface area is 151 Å². The molecule has 1 atom stereocenters. The molecular formula is C18H21BrN2OS. The van der Waals surface area contributed by atoms with Crippen molar-refractivity contribution in [3.05, 3.63) is 64.6 Å². The summed E-state index contributed by atoms with van der Waals surface area (Å²) in [7, 11) is 0. The molecule has 0 bridgehead atoms. The summed E-state index contributed by atoms with van der Waals surface area (Å²) in [6.45, 7) is 3.55. The lowest BCUT2D eigenvalue weighted by Crippen LogP contribution is -2.29. The Hall–Kier alpha value is -1.43. The molecule has 2 N–H and O–H groups in total. The van der Waals surface area contributed by atoms with Crippen molar-refractivity contribution < 1.29 is 4.74 Å². The maximum Gasteiger partial charge on any atom is 0.170 e. The summed E-state index contributed by atoms with van der Waals surface area (Å²) in [6, 6.07) is 18.1. The van der Waals surface area contributed by atoms with E-state index in [2.05, 4.69) is 45.6 Å². The van der Waals surface area contributed by atoms with Crippen molar-refractivity contribution >= 4 is 38.9 Å². The molecule has 0 radical (unpaired) electrons. The molecule has 0 aliphatic heterocycles. The number of nitrogens with one attached hydrogen (secondary N) is 2. The van der Waals surface area contributed by atoms with Gasteiger partial charge < -0.3 is 15.4 Å². The van der Waals surface area contributed by atoms with Gasteiger partial charge in [0.25, 0.3) is 0 Å². The molecule has 0 amide bonds. The maximum absolute atomic E-state index is 5.83. The second-order valence-electron chi connectivity index (χ2n) is 5.17. The molecule has 2 aromatic carbocycles. The third-order valence-electron chi connectivity index (χ3n) is 3.33. The molecule has 5 heteroatoms. The molecule has 0 aliphatic carbocycles. The number of halogens is 1. The Kier molecular flexibility index (Phi) is 7.52. The first-order chi connectivity index (χ1) is 11.1. The number of benzene rings is 2. The highest BCUT2D eigenvalue weighted by molar-refractivity contribution is 9.10. The number of hydrogen-bond donors (Lipinski definition) is 2. The number of ether oxygens (including phenoxy) is 1. The molecule has 3 nitrogen and oxygen atoms in total. The van der Waals surface area contributed by atoms with Gasteiger partial charge in [-0.15, -0.1) is 0 Å². The van der Waals surface area contributed by atoms with Crippen molar-refractivity contribution in [1.29, 1.82) is 0 Å². The summed E-state index contributed by atoms with van der Waals surface area (Å²) in [4.78, 5) is 0. The zero-order valence-electron chi connectivity index (χ0n) is 13.1. The third-order valence-corrected chi connectivity index (χ3v) is 4.07. The molecule has 2 aromatic rings. The average Bonchev–Trinajstić information content (AvgIpc) is 2.55. The molecule has 122 valence electrons. The summed E-state index contributed by atoms with van der Waals surface area (Å²) in [5.74, 6) is 0. The van der Waals surface area contributed by atoms with Crippen LogP contribution < -0.4 is 10.6 Å². The van der Waals surface area contributed by atoms with E-state index >= 15 is 0 Å². The van der Waals surface area contributed by atoms with Gasteiger partial charge in [0.2, 0.25) is 0 Å². The monoisotopic (exact) mass is 392 g/mol. The largest absolute Gasteiger partial charge is 0.374 e. The van der Waals surface area contributed by atoms with Crippen molar-refractivity contribution in [2.75, 3.05) is 18.5 Å². The molecule has 0 saturated heterocycles. The van der Waals surface area contributed by atoms with E-state index in [0.29, 0.717) is 11.7 Å². The Morgan fingerprint density at radius 2 is 1.96 bits per heavy atom. The minimum atomic E-state index is 0.114. The van der Waals surface area contributed by atoms with Gasteiger partial charge in [-0.05, 0) is 49.3 Å². The van der Waals surface area contributed by atoms with Crippen LogP contribution in [-0.4, -0.2) is 18.3 Å². The fourth-order valence-electron chi connectivity index (χ4n) is 2.10. The van der Waals surface area contributed by atoms with Crippen LogP contribution in [-0.2, 0) is 4.74 Å². The van der Waals surface area contributed by atoms with Crippen LogP contribution in [0.1, 0.15) is 25.0 Å². The summed E-state index contributed by atoms with van der Waals surface area (Å²) < 4.78 is 6.86. The molecular weight excluding hydrogens is 372 g/mol. The van der Waals surface area contributed by atoms with Gasteiger partial charge in [-0.1, -0.05) is 52.3 Å². The molecule has 0 unspecified atom stereocenters. The standard InChI is InChI=1S/C18H21BrN2OS/c1-14(15-7-3-2-4-8-15)22-12-6-11-20-18(23)21-17-10-5-9-16(19)13-17/h2-5,7-10,13-14H,6,11-12H2,1H3,(H2,20,21,23)/t14-/m1/s1. The number of rotatable bonds is 7. The zero-order valence-corrected chi connectivity index (χ0v) is 15.5. The van der Waals surface area contributed by atoms with Crippen molar-refractivity contribution in [1.82, 2.24) is 5.32 Å². The predicted molar refractivity (Wildman–Crippen MR) is 104 cm³/mol. The van der Waals surface area contributed by atoms with Crippen LogP contribution in [0.25, 0.3) is 0 Å². The molecule has 0 aromatic heterocycles. The predicted octanol–water partition coefficient (Wildman–Crippen LogP) is 4.90. The summed E-state index contributed by atoms with van der Waals surface area (Å²) in [5, 5.41) is 6.97. The van der Waals surface area contributed by atoms with E-state index in [1.54, 1.807) is 0 Å². The number of thiocarbonyl (C=S) groups is 1. The van der Waals surface area contributed by atoms with E-state index < -0.39 is 0 Å². The molecule has 0 saturated carbocycles. The first-order valence-corrected chi connectivity index (χ1v) is 8.82. The van der Waals surface area contributed by atoms with Crippen LogP contribution in [0.3, 0.4) is 0 Å². The maximum atomic E-state index is 5.83. The fourth-order valence-corrected chi connectivity index (χ4v) is 2.72. The van der Waals surface area contributed by atoms with Crippen molar-refractivity contribution in [3.63, 3.8) is 0 Å². The van der Waals surface area contributed by atoms with Gasteiger partial charge in [-0.2, -0.15) is 0 Å². The highest BCUT2D eigenvalue weighted by Crippen LogP contribution is 2.16. The molecule has 2 rings (SSSR count). The van der Waals surface area contributed by atoms with E-state index in [1.807, 2.05) is 42.5 Å². The summed E-state index contributed by atoms with van der Waals surface area (Å²) in [6.07, 6.45) is 1.01. The molecule has 0 fully saturated rings. The van der Waals surface area contributed by atoms with Crippen LogP contribution in [0.2, 0.25) is 0 Å². The second-order valence-corrected chi connectivity index (χ2v) is 6.49. The van der Waals surface area contributed by atoms with Gasteiger partial charge in [0, 0.05) is 23.3 Å². The smallest absolute Gasteiger partial charge is 0.170 e. The Morgan fingerprint density at radius 3 is 2.70 bits per heavy atom. The van der Waals surface area contributed by atoms with Crippen molar-refractivity contribution in [2.45, 2.75) is 19.4 Å². The summed E-state index contributed by atoms with van der Waals surface area (Å²) in [5.41, 5.74) is 2.16. The fraction of sp³-hybridized carbons (Fsp3) is 0.278. The highest BCUT2D eigenvalue weighted by Gasteiger charge is 2.04. The first kappa shape index (κ1) is 17.9. The minimum absolute atomic E-state index is 0.114. The Bertz CT molecular complexity index is 621. The van der Waals surface area contributed by atoms with Gasteiger partial charge in [-0.3, -0.25) is 0 Å². The third kappa shape index (κ3) is 6.69. The SMILES string of the molecule is C[C@@H](OCCCNC(=S)Nc1cccc(Br)c1)c1ccccc1. The lowest BCUT2D eigenvalue weighted by atomic mass is 10.1. The van der Waals surface area contributed by atoms with E-state index in [1.165, 1.54) is 5.56 Å². The highest BCUT2D eigenvalue weighted by atomic mass is 79.9. The number of hydrogen-bond acceptors (Lipinski definition) is 2. The lowest BCUT2D eigenvalue weighted by molar-refractivity contribution is 0.0646. The van der Waals surface area contributed by atoms with Crippen LogP contribution in [0, 0.1) is 0 Å². The van der Waals surface area contributed by atoms with Crippen molar-refractivity contribution in [3.8, 4) is 0 Å². The average molecular weight is 393 g/mol. The van der Waals surface area contributed by atoms with Gasteiger partial charge in [0.05, 0.1) is 6.10 Å². The van der Waals surface area contributed by atoms with E-state index in [9.17, 15) is 0 Å². The Morgan fingerprint density at radius 1 is 1.17 bits per heavy atom. The molecule has 0 heterocycles. The molecule has 23 heavy (non-hydrogen) atoms. The van der Waals surface area contributed by atoms with Gasteiger partial charge in [-0.25, -0.2) is 0 Å². The normalized spacial score (nSPS) is 11.7. The van der Waals surface area contributed by atoms with E-state index in [-0.39, 0.29) is 6.10 Å². The van der Waals surface area contributed by atoms with Gasteiger partial charge in [0.15, 0.2) is 5.11 Å². The number of anilines is 1. The minimum Gasteiger partial charge on any atom is -0.374 e. The Balaban J connectivity index is 1.61. The van der Waals surface area contributed by atoms with E-state index in [4.69, 9.17) is 17.0 Å². The van der Waals surface area contributed by atoms with Gasteiger partial charge >= 0.3 is 0 Å². The first-order valence-electron chi connectivity index (χ1n) is 7.62. The summed E-state index contributed by atoms with van der Waals surface area (Å²) >= 11 is 8.72. The quantitative estimate of drug-likeness (QED) is 0.518. The van der Waals surface area contributed by atoms with Crippen LogP contribution in [0.5, 0.6) is 0 Å². The zero-order chi connectivity index (χ0) is 16.5. The molecule has 0 spiro atoms.